The number of cyclic esters (lactones) is 1. The van der Waals surface area contributed by atoms with E-state index in [-0.39, 0.29) is 12.2 Å². The van der Waals surface area contributed by atoms with Crippen LogP contribution in [-0.2, 0) is 11.3 Å². The molecule has 0 aliphatic carbocycles. The molecule has 0 N–H and O–H groups in total. The predicted octanol–water partition coefficient (Wildman–Crippen LogP) is 1.40. The number of benzene rings is 1. The molecular weight excluding hydrogens is 193 g/mol. The van der Waals surface area contributed by atoms with Crippen molar-refractivity contribution in [1.82, 2.24) is 0 Å². The third-order valence-corrected chi connectivity index (χ3v) is 1.95. The van der Waals surface area contributed by atoms with Gasteiger partial charge in [-0.2, -0.15) is 4.39 Å². The molecule has 1 aliphatic rings. The van der Waals surface area contributed by atoms with E-state index in [9.17, 15) is 19.3 Å². The maximum atomic E-state index is 13.0. The lowest BCUT2D eigenvalue weighted by atomic mass is 10.1. The van der Waals surface area contributed by atoms with Gasteiger partial charge in [-0.1, -0.05) is 0 Å². The number of nitro groups is 1. The predicted molar refractivity (Wildman–Crippen MR) is 42.2 cm³/mol. The maximum Gasteiger partial charge on any atom is 0.339 e. The van der Waals surface area contributed by atoms with Gasteiger partial charge in [0.25, 0.3) is 0 Å². The summed E-state index contributed by atoms with van der Waals surface area (Å²) < 4.78 is 17.6. The molecule has 0 fully saturated rings. The highest BCUT2D eigenvalue weighted by atomic mass is 19.1. The first-order valence-corrected chi connectivity index (χ1v) is 3.73. The van der Waals surface area contributed by atoms with Crippen LogP contribution in [0.1, 0.15) is 15.9 Å². The molecule has 0 saturated heterocycles. The first kappa shape index (κ1) is 8.61. The van der Waals surface area contributed by atoms with Crippen LogP contribution in [0.2, 0.25) is 0 Å². The monoisotopic (exact) mass is 197 g/mol. The quantitative estimate of drug-likeness (QED) is 0.387. The second kappa shape index (κ2) is 2.76. The molecule has 14 heavy (non-hydrogen) atoms. The summed E-state index contributed by atoms with van der Waals surface area (Å²) in [6.45, 7) is -0.0247. The van der Waals surface area contributed by atoms with Gasteiger partial charge in [-0.05, 0) is 6.07 Å². The van der Waals surface area contributed by atoms with Crippen molar-refractivity contribution in [3.8, 4) is 0 Å². The lowest BCUT2D eigenvalue weighted by Gasteiger charge is -1.96. The molecule has 0 bridgehead atoms. The Labute approximate surface area is 77.2 Å². The van der Waals surface area contributed by atoms with Crippen LogP contribution in [0, 0.1) is 15.9 Å². The van der Waals surface area contributed by atoms with Crippen molar-refractivity contribution in [1.29, 1.82) is 0 Å². The van der Waals surface area contributed by atoms with Gasteiger partial charge in [-0.3, -0.25) is 10.1 Å². The first-order chi connectivity index (χ1) is 6.59. The van der Waals surface area contributed by atoms with Crippen molar-refractivity contribution in [2.24, 2.45) is 0 Å². The average molecular weight is 197 g/mol. The van der Waals surface area contributed by atoms with Crippen LogP contribution >= 0.6 is 0 Å². The fourth-order valence-electron chi connectivity index (χ4n) is 1.27. The van der Waals surface area contributed by atoms with Gasteiger partial charge in [0.1, 0.15) is 6.61 Å². The number of rotatable bonds is 1. The largest absolute Gasteiger partial charge is 0.457 e. The Hall–Kier alpha value is -1.98. The lowest BCUT2D eigenvalue weighted by Crippen LogP contribution is -1.98. The minimum absolute atomic E-state index is 0.0247. The number of nitro benzene ring substituents is 1. The van der Waals surface area contributed by atoms with E-state index in [2.05, 4.69) is 4.74 Å². The SMILES string of the molecule is O=C1OCc2cc(F)c([N+](=O)[O-])cc21. The van der Waals surface area contributed by atoms with E-state index in [1.54, 1.807) is 0 Å². The van der Waals surface area contributed by atoms with Gasteiger partial charge >= 0.3 is 11.7 Å². The zero-order chi connectivity index (χ0) is 10.3. The van der Waals surface area contributed by atoms with E-state index in [1.165, 1.54) is 0 Å². The fourth-order valence-corrected chi connectivity index (χ4v) is 1.27. The molecule has 0 amide bonds. The first-order valence-electron chi connectivity index (χ1n) is 3.73. The van der Waals surface area contributed by atoms with Crippen LogP contribution in [0.3, 0.4) is 0 Å². The molecule has 1 aliphatic heterocycles. The van der Waals surface area contributed by atoms with Crippen molar-refractivity contribution < 1.29 is 18.8 Å². The van der Waals surface area contributed by atoms with Gasteiger partial charge in [-0.25, -0.2) is 4.79 Å². The minimum Gasteiger partial charge on any atom is -0.457 e. The Bertz CT molecular complexity index is 442. The van der Waals surface area contributed by atoms with Crippen LogP contribution in [0.25, 0.3) is 0 Å². The highest BCUT2D eigenvalue weighted by Gasteiger charge is 2.27. The minimum atomic E-state index is -0.952. The van der Waals surface area contributed by atoms with E-state index < -0.39 is 22.4 Å². The second-order valence-electron chi connectivity index (χ2n) is 2.79. The zero-order valence-electron chi connectivity index (χ0n) is 6.82. The fraction of sp³-hybridized carbons (Fsp3) is 0.125. The van der Waals surface area contributed by atoms with Gasteiger partial charge in [0.2, 0.25) is 5.82 Å². The molecule has 1 aromatic rings. The smallest absolute Gasteiger partial charge is 0.339 e. The van der Waals surface area contributed by atoms with Gasteiger partial charge < -0.3 is 4.74 Å². The molecule has 72 valence electrons. The third kappa shape index (κ3) is 1.12. The topological polar surface area (TPSA) is 69.4 Å². The second-order valence-corrected chi connectivity index (χ2v) is 2.79. The van der Waals surface area contributed by atoms with E-state index in [4.69, 9.17) is 0 Å². The molecule has 1 heterocycles. The number of hydrogen-bond donors (Lipinski definition) is 0. The van der Waals surface area contributed by atoms with Crippen LogP contribution in [-0.4, -0.2) is 10.9 Å². The Morgan fingerprint density at radius 1 is 1.50 bits per heavy atom. The van der Waals surface area contributed by atoms with Crippen LogP contribution in [0.5, 0.6) is 0 Å². The highest BCUT2D eigenvalue weighted by Crippen LogP contribution is 2.27. The van der Waals surface area contributed by atoms with Crippen molar-refractivity contribution in [3.05, 3.63) is 39.2 Å². The lowest BCUT2D eigenvalue weighted by molar-refractivity contribution is -0.387. The van der Waals surface area contributed by atoms with E-state index in [0.717, 1.165) is 12.1 Å². The van der Waals surface area contributed by atoms with Crippen LogP contribution in [0.4, 0.5) is 10.1 Å². The van der Waals surface area contributed by atoms with E-state index >= 15 is 0 Å². The highest BCUT2D eigenvalue weighted by molar-refractivity contribution is 5.94. The molecule has 0 radical (unpaired) electrons. The van der Waals surface area contributed by atoms with Crippen molar-refractivity contribution in [3.63, 3.8) is 0 Å². The summed E-state index contributed by atoms with van der Waals surface area (Å²) in [6, 6.07) is 1.86. The number of carbonyl (C=O) groups is 1. The van der Waals surface area contributed by atoms with E-state index in [0.29, 0.717) is 5.56 Å². The van der Waals surface area contributed by atoms with Crippen LogP contribution in [0.15, 0.2) is 12.1 Å². The molecule has 0 unspecified atom stereocenters. The molecular formula is C8H4FNO4. The number of carbonyl (C=O) groups excluding carboxylic acids is 1. The summed E-state index contributed by atoms with van der Waals surface area (Å²) in [5.41, 5.74) is -0.293. The molecule has 0 aromatic heterocycles. The number of halogens is 1. The van der Waals surface area contributed by atoms with E-state index in [1.807, 2.05) is 0 Å². The maximum absolute atomic E-state index is 13.0. The summed E-state index contributed by atoms with van der Waals surface area (Å²) in [5, 5.41) is 10.3. The summed E-state index contributed by atoms with van der Waals surface area (Å²) in [7, 11) is 0. The molecule has 0 atom stereocenters. The van der Waals surface area contributed by atoms with Gasteiger partial charge in [0, 0.05) is 11.6 Å². The Balaban J connectivity index is 2.62. The molecule has 5 nitrogen and oxygen atoms in total. The summed E-state index contributed by atoms with van der Waals surface area (Å²) >= 11 is 0. The number of ether oxygens (including phenoxy) is 1. The van der Waals surface area contributed by atoms with Gasteiger partial charge in [0.15, 0.2) is 0 Å². The Morgan fingerprint density at radius 3 is 2.86 bits per heavy atom. The van der Waals surface area contributed by atoms with Gasteiger partial charge in [0.05, 0.1) is 10.5 Å². The molecule has 0 spiro atoms. The van der Waals surface area contributed by atoms with Gasteiger partial charge in [-0.15, -0.1) is 0 Å². The Morgan fingerprint density at radius 2 is 2.21 bits per heavy atom. The molecule has 0 saturated carbocycles. The Kier molecular flexibility index (Phi) is 1.70. The van der Waals surface area contributed by atoms with Crippen molar-refractivity contribution in [2.45, 2.75) is 6.61 Å². The molecule has 2 rings (SSSR count). The number of nitrogens with zero attached hydrogens (tertiary/aromatic N) is 1. The third-order valence-electron chi connectivity index (χ3n) is 1.95. The van der Waals surface area contributed by atoms with Crippen LogP contribution < -0.4 is 0 Å². The molecule has 6 heteroatoms. The summed E-state index contributed by atoms with van der Waals surface area (Å²) in [5.74, 6) is -1.60. The number of fused-ring (bicyclic) bond motifs is 1. The average Bonchev–Trinajstić information content (AvgIpc) is 2.46. The summed E-state index contributed by atoms with van der Waals surface area (Å²) in [4.78, 5) is 20.5. The molecule has 1 aromatic carbocycles. The number of esters is 1. The zero-order valence-corrected chi connectivity index (χ0v) is 6.82. The summed E-state index contributed by atoms with van der Waals surface area (Å²) in [6.07, 6.45) is 0. The van der Waals surface area contributed by atoms with Crippen molar-refractivity contribution in [2.75, 3.05) is 0 Å². The standard InChI is InChI=1S/C8H4FNO4/c9-6-1-4-3-14-8(11)5(4)2-7(6)10(12)13/h1-2H,3H2. The normalized spacial score (nSPS) is 13.6. The number of hydrogen-bond acceptors (Lipinski definition) is 4. The van der Waals surface area contributed by atoms with Crippen molar-refractivity contribution >= 4 is 11.7 Å².